The first kappa shape index (κ1) is 11.1. The van der Waals surface area contributed by atoms with Gasteiger partial charge in [0.1, 0.15) is 6.29 Å². The first-order valence-electron chi connectivity index (χ1n) is 3.39. The molecule has 11 heavy (non-hydrogen) atoms. The van der Waals surface area contributed by atoms with Gasteiger partial charge in [-0.2, -0.15) is 0 Å². The van der Waals surface area contributed by atoms with Crippen molar-refractivity contribution >= 4 is 8.80 Å². The summed E-state index contributed by atoms with van der Waals surface area (Å²) in [5.74, 6) is 0. The Bertz CT molecular complexity index is 105. The molecule has 0 heterocycles. The standard InChI is InChI=1S/C6H16O4Si/c1-6(7-2)10-11(5,8-3)9-4/h6H,1-5H3. The molecule has 0 aliphatic rings. The predicted molar refractivity (Wildman–Crippen MR) is 43.2 cm³/mol. The molecule has 1 atom stereocenters. The fourth-order valence-corrected chi connectivity index (χ4v) is 1.59. The van der Waals surface area contributed by atoms with E-state index in [4.69, 9.17) is 18.0 Å². The Hall–Kier alpha value is 0.0569. The molecule has 0 radical (unpaired) electrons. The van der Waals surface area contributed by atoms with Crippen molar-refractivity contribution in [3.8, 4) is 0 Å². The Kier molecular flexibility index (Phi) is 4.86. The minimum absolute atomic E-state index is 0.286. The number of methoxy groups -OCH3 is 1. The Labute approximate surface area is 68.8 Å². The molecule has 0 aliphatic heterocycles. The first-order valence-corrected chi connectivity index (χ1v) is 5.61. The summed E-state index contributed by atoms with van der Waals surface area (Å²) in [4.78, 5) is 0. The average Bonchev–Trinajstić information content (AvgIpc) is 2.04. The molecule has 0 amide bonds. The van der Waals surface area contributed by atoms with E-state index in [-0.39, 0.29) is 6.29 Å². The molecule has 1 unspecified atom stereocenters. The molecular formula is C6H16O4Si. The van der Waals surface area contributed by atoms with Gasteiger partial charge >= 0.3 is 8.80 Å². The van der Waals surface area contributed by atoms with Crippen molar-refractivity contribution in [3.05, 3.63) is 0 Å². The largest absolute Gasteiger partial charge is 0.499 e. The second kappa shape index (κ2) is 4.84. The fourth-order valence-electron chi connectivity index (χ4n) is 0.529. The fraction of sp³-hybridized carbons (Fsp3) is 1.00. The molecular weight excluding hydrogens is 164 g/mol. The van der Waals surface area contributed by atoms with E-state index >= 15 is 0 Å². The Morgan fingerprint density at radius 2 is 1.55 bits per heavy atom. The van der Waals surface area contributed by atoms with Crippen LogP contribution in [0.15, 0.2) is 0 Å². The van der Waals surface area contributed by atoms with Crippen molar-refractivity contribution < 1.29 is 18.0 Å². The van der Waals surface area contributed by atoms with Crippen LogP contribution in [0.5, 0.6) is 0 Å². The molecule has 0 saturated heterocycles. The summed E-state index contributed by atoms with van der Waals surface area (Å²) in [6.45, 7) is 3.60. The Morgan fingerprint density at radius 1 is 1.09 bits per heavy atom. The van der Waals surface area contributed by atoms with Gasteiger partial charge in [0.05, 0.1) is 0 Å². The van der Waals surface area contributed by atoms with Gasteiger partial charge < -0.3 is 18.0 Å². The Morgan fingerprint density at radius 3 is 1.82 bits per heavy atom. The molecule has 0 N–H and O–H groups in total. The van der Waals surface area contributed by atoms with Gasteiger partial charge in [0.25, 0.3) is 0 Å². The summed E-state index contributed by atoms with van der Waals surface area (Å²) in [7, 11) is 2.30. The topological polar surface area (TPSA) is 36.9 Å². The number of rotatable bonds is 5. The number of ether oxygens (including phenoxy) is 1. The van der Waals surface area contributed by atoms with Crippen molar-refractivity contribution in [2.75, 3.05) is 21.3 Å². The summed E-state index contributed by atoms with van der Waals surface area (Å²) in [6.07, 6.45) is -0.286. The van der Waals surface area contributed by atoms with Gasteiger partial charge in [0.2, 0.25) is 0 Å². The van der Waals surface area contributed by atoms with E-state index in [1.54, 1.807) is 28.3 Å². The van der Waals surface area contributed by atoms with E-state index in [0.29, 0.717) is 0 Å². The second-order valence-corrected chi connectivity index (χ2v) is 4.97. The van der Waals surface area contributed by atoms with Gasteiger partial charge in [-0.25, -0.2) is 0 Å². The highest BCUT2D eigenvalue weighted by molar-refractivity contribution is 6.59. The molecule has 4 nitrogen and oxygen atoms in total. The van der Waals surface area contributed by atoms with E-state index in [1.165, 1.54) is 0 Å². The van der Waals surface area contributed by atoms with Crippen LogP contribution in [-0.2, 0) is 18.0 Å². The van der Waals surface area contributed by atoms with Crippen LogP contribution in [0.3, 0.4) is 0 Å². The smallest absolute Gasteiger partial charge is 0.377 e. The highest BCUT2D eigenvalue weighted by Gasteiger charge is 2.34. The molecule has 0 bridgehead atoms. The molecule has 0 aromatic rings. The van der Waals surface area contributed by atoms with E-state index in [1.807, 2.05) is 6.55 Å². The lowest BCUT2D eigenvalue weighted by Gasteiger charge is -2.25. The van der Waals surface area contributed by atoms with Crippen LogP contribution in [0.2, 0.25) is 6.55 Å². The monoisotopic (exact) mass is 180 g/mol. The summed E-state index contributed by atoms with van der Waals surface area (Å²) in [5.41, 5.74) is 0. The molecule has 0 aromatic heterocycles. The summed E-state index contributed by atoms with van der Waals surface area (Å²) < 4.78 is 20.4. The third-order valence-electron chi connectivity index (χ3n) is 1.45. The van der Waals surface area contributed by atoms with Crippen LogP contribution in [-0.4, -0.2) is 36.4 Å². The maximum atomic E-state index is 5.36. The Balaban J connectivity index is 3.86. The van der Waals surface area contributed by atoms with Crippen molar-refractivity contribution in [2.24, 2.45) is 0 Å². The average molecular weight is 180 g/mol. The normalized spacial score (nSPS) is 15.0. The zero-order valence-electron chi connectivity index (χ0n) is 7.71. The van der Waals surface area contributed by atoms with Crippen molar-refractivity contribution in [2.45, 2.75) is 19.8 Å². The van der Waals surface area contributed by atoms with Crippen molar-refractivity contribution in [1.29, 1.82) is 0 Å². The van der Waals surface area contributed by atoms with Crippen LogP contribution >= 0.6 is 0 Å². The molecule has 0 spiro atoms. The van der Waals surface area contributed by atoms with E-state index in [0.717, 1.165) is 0 Å². The molecule has 0 aromatic carbocycles. The molecule has 5 heteroatoms. The van der Waals surface area contributed by atoms with Crippen LogP contribution in [0, 0.1) is 0 Å². The van der Waals surface area contributed by atoms with Crippen LogP contribution in [0.4, 0.5) is 0 Å². The van der Waals surface area contributed by atoms with E-state index in [2.05, 4.69) is 0 Å². The maximum absolute atomic E-state index is 5.36. The summed E-state index contributed by atoms with van der Waals surface area (Å²) in [5, 5.41) is 0. The number of hydrogen-bond acceptors (Lipinski definition) is 4. The highest BCUT2D eigenvalue weighted by atomic mass is 28.4. The highest BCUT2D eigenvalue weighted by Crippen LogP contribution is 2.09. The summed E-state index contributed by atoms with van der Waals surface area (Å²) >= 11 is 0. The lowest BCUT2D eigenvalue weighted by atomic mass is 10.8. The van der Waals surface area contributed by atoms with Gasteiger partial charge in [0.15, 0.2) is 0 Å². The van der Waals surface area contributed by atoms with Gasteiger partial charge in [-0.05, 0) is 6.92 Å². The zero-order valence-corrected chi connectivity index (χ0v) is 8.71. The lowest BCUT2D eigenvalue weighted by Crippen LogP contribution is -2.43. The SMILES string of the molecule is COC(C)O[Si](C)(OC)OC. The van der Waals surface area contributed by atoms with E-state index in [9.17, 15) is 0 Å². The minimum Gasteiger partial charge on any atom is -0.377 e. The molecule has 0 fully saturated rings. The van der Waals surface area contributed by atoms with Crippen LogP contribution < -0.4 is 0 Å². The second-order valence-electron chi connectivity index (χ2n) is 2.19. The minimum atomic E-state index is -2.41. The number of hydrogen-bond donors (Lipinski definition) is 0. The lowest BCUT2D eigenvalue weighted by molar-refractivity contribution is -0.0803. The maximum Gasteiger partial charge on any atom is 0.499 e. The van der Waals surface area contributed by atoms with Gasteiger partial charge in [-0.15, -0.1) is 0 Å². The summed E-state index contributed by atoms with van der Waals surface area (Å²) in [6, 6.07) is 0. The zero-order chi connectivity index (χ0) is 8.91. The predicted octanol–water partition coefficient (Wildman–Crippen LogP) is 0.857. The van der Waals surface area contributed by atoms with Crippen LogP contribution in [0.25, 0.3) is 0 Å². The van der Waals surface area contributed by atoms with Gasteiger partial charge in [0, 0.05) is 27.9 Å². The molecule has 0 aliphatic carbocycles. The molecule has 68 valence electrons. The van der Waals surface area contributed by atoms with Crippen molar-refractivity contribution in [3.63, 3.8) is 0 Å². The quantitative estimate of drug-likeness (QED) is 0.464. The third-order valence-corrected chi connectivity index (χ3v) is 3.70. The van der Waals surface area contributed by atoms with E-state index < -0.39 is 8.80 Å². The third kappa shape index (κ3) is 3.83. The van der Waals surface area contributed by atoms with Crippen LogP contribution in [0.1, 0.15) is 6.92 Å². The molecule has 0 saturated carbocycles. The van der Waals surface area contributed by atoms with Crippen molar-refractivity contribution in [1.82, 2.24) is 0 Å². The molecule has 0 rings (SSSR count). The first-order chi connectivity index (χ1) is 5.08. The van der Waals surface area contributed by atoms with Gasteiger partial charge in [-0.3, -0.25) is 0 Å². The van der Waals surface area contributed by atoms with Gasteiger partial charge in [-0.1, -0.05) is 0 Å².